The van der Waals surface area contributed by atoms with Crippen molar-refractivity contribution in [3.05, 3.63) is 28.9 Å². The van der Waals surface area contributed by atoms with Crippen LogP contribution in [0.4, 0.5) is 0 Å². The number of hydrogen-bond acceptors (Lipinski definition) is 4. The van der Waals surface area contributed by atoms with Crippen molar-refractivity contribution >= 4 is 27.5 Å². The SMILES string of the molecule is O=C(CCNCc1cnc2cnc(Br)cn12)NC1CC1. The summed E-state index contributed by atoms with van der Waals surface area (Å²) in [4.78, 5) is 19.9. The Morgan fingerprint density at radius 1 is 1.40 bits per heavy atom. The number of nitrogens with zero attached hydrogens (tertiary/aromatic N) is 3. The number of halogens is 1. The maximum Gasteiger partial charge on any atom is 0.221 e. The number of aromatic nitrogens is 3. The third-order valence-corrected chi connectivity index (χ3v) is 3.63. The summed E-state index contributed by atoms with van der Waals surface area (Å²) in [7, 11) is 0. The molecule has 1 amide bonds. The highest BCUT2D eigenvalue weighted by Crippen LogP contribution is 2.18. The van der Waals surface area contributed by atoms with Crippen molar-refractivity contribution in [2.75, 3.05) is 6.54 Å². The molecule has 0 bridgehead atoms. The third-order valence-electron chi connectivity index (χ3n) is 3.22. The average molecular weight is 338 g/mol. The van der Waals surface area contributed by atoms with Crippen LogP contribution in [0.5, 0.6) is 0 Å². The number of nitrogens with one attached hydrogen (secondary N) is 2. The summed E-state index contributed by atoms with van der Waals surface area (Å²) in [5, 5.41) is 6.24. The summed E-state index contributed by atoms with van der Waals surface area (Å²) in [6, 6.07) is 0.436. The largest absolute Gasteiger partial charge is 0.353 e. The first kappa shape index (κ1) is 13.5. The molecule has 0 atom stereocenters. The van der Waals surface area contributed by atoms with Gasteiger partial charge in [-0.25, -0.2) is 9.97 Å². The molecule has 1 fully saturated rings. The van der Waals surface area contributed by atoms with Crippen molar-refractivity contribution in [2.45, 2.75) is 31.8 Å². The number of carbonyl (C=O) groups is 1. The Hall–Kier alpha value is -1.47. The van der Waals surface area contributed by atoms with Crippen LogP contribution in [0.25, 0.3) is 5.65 Å². The molecular weight excluding hydrogens is 322 g/mol. The van der Waals surface area contributed by atoms with Crippen molar-refractivity contribution in [3.8, 4) is 0 Å². The Bertz CT molecular complexity index is 622. The summed E-state index contributed by atoms with van der Waals surface area (Å²) < 4.78 is 2.75. The molecule has 0 spiro atoms. The predicted molar refractivity (Wildman–Crippen MR) is 78.2 cm³/mol. The number of imidazole rings is 1. The highest BCUT2D eigenvalue weighted by atomic mass is 79.9. The number of rotatable bonds is 6. The van der Waals surface area contributed by atoms with Gasteiger partial charge >= 0.3 is 0 Å². The van der Waals surface area contributed by atoms with E-state index in [2.05, 4.69) is 36.5 Å². The molecule has 0 saturated heterocycles. The Kier molecular flexibility index (Phi) is 3.98. The van der Waals surface area contributed by atoms with Gasteiger partial charge in [0.05, 0.1) is 18.1 Å². The lowest BCUT2D eigenvalue weighted by Crippen LogP contribution is -2.29. The van der Waals surface area contributed by atoms with Gasteiger partial charge in [0, 0.05) is 31.7 Å². The molecule has 7 heteroatoms. The molecule has 2 heterocycles. The zero-order chi connectivity index (χ0) is 13.9. The standard InChI is InChI=1S/C13H16BrN5O/c14-11-8-19-10(6-17-12(19)7-16-11)5-15-4-3-13(20)18-9-1-2-9/h6-9,15H,1-5H2,(H,18,20). The van der Waals surface area contributed by atoms with Gasteiger partial charge in [-0.2, -0.15) is 0 Å². The lowest BCUT2D eigenvalue weighted by Gasteiger charge is -2.05. The quantitative estimate of drug-likeness (QED) is 0.778. The fourth-order valence-corrected chi connectivity index (χ4v) is 2.30. The van der Waals surface area contributed by atoms with Crippen LogP contribution in [0, 0.1) is 0 Å². The monoisotopic (exact) mass is 337 g/mol. The van der Waals surface area contributed by atoms with Crippen molar-refractivity contribution in [1.82, 2.24) is 25.0 Å². The summed E-state index contributed by atoms with van der Waals surface area (Å²) in [5.74, 6) is 0.130. The summed E-state index contributed by atoms with van der Waals surface area (Å²) in [5.41, 5.74) is 1.86. The van der Waals surface area contributed by atoms with Gasteiger partial charge in [-0.05, 0) is 28.8 Å². The van der Waals surface area contributed by atoms with Gasteiger partial charge in [0.25, 0.3) is 0 Å². The van der Waals surface area contributed by atoms with E-state index in [0.717, 1.165) is 28.8 Å². The number of amides is 1. The highest BCUT2D eigenvalue weighted by Gasteiger charge is 2.22. The molecule has 0 aliphatic heterocycles. The molecule has 1 aliphatic carbocycles. The number of carbonyl (C=O) groups excluding carboxylic acids is 1. The minimum Gasteiger partial charge on any atom is -0.353 e. The fraction of sp³-hybridized carbons (Fsp3) is 0.462. The van der Waals surface area contributed by atoms with Crippen LogP contribution >= 0.6 is 15.9 Å². The Balaban J connectivity index is 1.49. The van der Waals surface area contributed by atoms with Crippen LogP contribution in [-0.4, -0.2) is 32.9 Å². The Morgan fingerprint density at radius 2 is 2.25 bits per heavy atom. The minimum atomic E-state index is 0.130. The van der Waals surface area contributed by atoms with Gasteiger partial charge < -0.3 is 10.6 Å². The zero-order valence-electron chi connectivity index (χ0n) is 11.0. The van der Waals surface area contributed by atoms with Gasteiger partial charge in [-0.1, -0.05) is 0 Å². The van der Waals surface area contributed by atoms with E-state index in [1.807, 2.05) is 16.8 Å². The second-order valence-electron chi connectivity index (χ2n) is 4.96. The minimum absolute atomic E-state index is 0.130. The van der Waals surface area contributed by atoms with Crippen LogP contribution in [0.3, 0.4) is 0 Å². The number of fused-ring (bicyclic) bond motifs is 1. The molecule has 2 aromatic heterocycles. The van der Waals surface area contributed by atoms with Gasteiger partial charge in [0.15, 0.2) is 5.65 Å². The van der Waals surface area contributed by atoms with Gasteiger partial charge in [-0.15, -0.1) is 0 Å². The van der Waals surface area contributed by atoms with Crippen LogP contribution in [0.15, 0.2) is 23.2 Å². The molecule has 2 N–H and O–H groups in total. The first-order valence-corrected chi connectivity index (χ1v) is 7.49. The predicted octanol–water partition coefficient (Wildman–Crippen LogP) is 1.25. The van der Waals surface area contributed by atoms with E-state index in [9.17, 15) is 4.79 Å². The molecule has 20 heavy (non-hydrogen) atoms. The van der Waals surface area contributed by atoms with Gasteiger partial charge in [-0.3, -0.25) is 9.20 Å². The van der Waals surface area contributed by atoms with E-state index in [1.54, 1.807) is 6.20 Å². The molecule has 0 unspecified atom stereocenters. The van der Waals surface area contributed by atoms with E-state index in [1.165, 1.54) is 0 Å². The zero-order valence-corrected chi connectivity index (χ0v) is 12.6. The van der Waals surface area contributed by atoms with E-state index in [0.29, 0.717) is 25.6 Å². The van der Waals surface area contributed by atoms with E-state index in [-0.39, 0.29) is 5.91 Å². The van der Waals surface area contributed by atoms with Crippen LogP contribution < -0.4 is 10.6 Å². The maximum absolute atomic E-state index is 11.5. The molecule has 1 aliphatic rings. The van der Waals surface area contributed by atoms with E-state index in [4.69, 9.17) is 0 Å². The first-order chi connectivity index (χ1) is 9.72. The van der Waals surface area contributed by atoms with Crippen LogP contribution in [0.2, 0.25) is 0 Å². The summed E-state index contributed by atoms with van der Waals surface area (Å²) in [6.45, 7) is 1.34. The summed E-state index contributed by atoms with van der Waals surface area (Å²) in [6.07, 6.45) is 8.20. The van der Waals surface area contributed by atoms with Crippen molar-refractivity contribution in [3.63, 3.8) is 0 Å². The Morgan fingerprint density at radius 3 is 3.05 bits per heavy atom. The molecule has 1 saturated carbocycles. The molecular formula is C13H16BrN5O. The van der Waals surface area contributed by atoms with Crippen molar-refractivity contribution in [2.24, 2.45) is 0 Å². The smallest absolute Gasteiger partial charge is 0.221 e. The fourth-order valence-electron chi connectivity index (χ4n) is 1.99. The van der Waals surface area contributed by atoms with E-state index < -0.39 is 0 Å². The lowest BCUT2D eigenvalue weighted by molar-refractivity contribution is -0.121. The summed E-state index contributed by atoms with van der Waals surface area (Å²) >= 11 is 3.35. The molecule has 6 nitrogen and oxygen atoms in total. The lowest BCUT2D eigenvalue weighted by atomic mass is 10.3. The first-order valence-electron chi connectivity index (χ1n) is 6.70. The van der Waals surface area contributed by atoms with Crippen molar-refractivity contribution in [1.29, 1.82) is 0 Å². The van der Waals surface area contributed by atoms with Gasteiger partial charge in [0.1, 0.15) is 4.60 Å². The molecule has 3 rings (SSSR count). The van der Waals surface area contributed by atoms with Crippen LogP contribution in [-0.2, 0) is 11.3 Å². The van der Waals surface area contributed by atoms with Gasteiger partial charge in [0.2, 0.25) is 5.91 Å². The second kappa shape index (κ2) is 5.88. The topological polar surface area (TPSA) is 71.3 Å². The van der Waals surface area contributed by atoms with Crippen molar-refractivity contribution < 1.29 is 4.79 Å². The molecule has 0 aromatic carbocycles. The molecule has 106 valence electrons. The normalized spacial score (nSPS) is 14.7. The molecule has 2 aromatic rings. The van der Waals surface area contributed by atoms with Crippen LogP contribution in [0.1, 0.15) is 25.0 Å². The third kappa shape index (κ3) is 3.34. The number of hydrogen-bond donors (Lipinski definition) is 2. The molecule has 0 radical (unpaired) electrons. The Labute approximate surface area is 125 Å². The average Bonchev–Trinajstić information content (AvgIpc) is 3.15. The maximum atomic E-state index is 11.5. The second-order valence-corrected chi connectivity index (χ2v) is 5.77. The highest BCUT2D eigenvalue weighted by molar-refractivity contribution is 9.10. The van der Waals surface area contributed by atoms with E-state index >= 15 is 0 Å².